The Bertz CT molecular complexity index is 787. The molecule has 1 N–H and O–H groups in total. The number of amides is 1. The number of nitro groups is 1. The molecular weight excluding hydrogens is 308 g/mol. The fourth-order valence-corrected chi connectivity index (χ4v) is 2.23. The van der Waals surface area contributed by atoms with Gasteiger partial charge in [0.25, 0.3) is 11.6 Å². The quantitative estimate of drug-likeness (QED) is 0.666. The standard InChI is InChI=1S/C18H20N2O4/c1-11-8-9-15(16(10-11)20(22)23)19-18(21)14(4)24-17-7-5-6-12(2)13(17)3/h5-10,14H,1-4H3,(H,19,21). The molecule has 6 nitrogen and oxygen atoms in total. The largest absolute Gasteiger partial charge is 0.481 e. The molecule has 2 aromatic carbocycles. The van der Waals surface area contributed by atoms with E-state index in [0.717, 1.165) is 16.7 Å². The third-order valence-corrected chi connectivity index (χ3v) is 3.84. The van der Waals surface area contributed by atoms with Crippen LogP contribution in [0.4, 0.5) is 11.4 Å². The molecule has 126 valence electrons. The summed E-state index contributed by atoms with van der Waals surface area (Å²) in [6, 6.07) is 10.3. The number of ether oxygens (including phenoxy) is 1. The van der Waals surface area contributed by atoms with Gasteiger partial charge in [-0.1, -0.05) is 18.2 Å². The average molecular weight is 328 g/mol. The highest BCUT2D eigenvalue weighted by molar-refractivity contribution is 5.96. The number of nitro benzene ring substituents is 1. The molecule has 0 aliphatic rings. The van der Waals surface area contributed by atoms with Crippen LogP contribution in [-0.4, -0.2) is 16.9 Å². The normalized spacial score (nSPS) is 11.7. The van der Waals surface area contributed by atoms with Crippen molar-refractivity contribution in [1.82, 2.24) is 0 Å². The molecule has 0 heterocycles. The van der Waals surface area contributed by atoms with Crippen LogP contribution in [-0.2, 0) is 4.79 Å². The van der Waals surface area contributed by atoms with E-state index in [1.165, 1.54) is 12.1 Å². The second-order valence-corrected chi connectivity index (χ2v) is 5.73. The summed E-state index contributed by atoms with van der Waals surface area (Å²) < 4.78 is 5.70. The van der Waals surface area contributed by atoms with Crippen molar-refractivity contribution >= 4 is 17.3 Å². The van der Waals surface area contributed by atoms with Gasteiger partial charge in [-0.15, -0.1) is 0 Å². The summed E-state index contributed by atoms with van der Waals surface area (Å²) in [7, 11) is 0. The molecule has 0 saturated carbocycles. The van der Waals surface area contributed by atoms with Crippen LogP contribution in [0.1, 0.15) is 23.6 Å². The summed E-state index contributed by atoms with van der Waals surface area (Å²) >= 11 is 0. The number of benzene rings is 2. The maximum absolute atomic E-state index is 12.3. The first-order valence-corrected chi connectivity index (χ1v) is 7.58. The van der Waals surface area contributed by atoms with E-state index < -0.39 is 16.9 Å². The van der Waals surface area contributed by atoms with Gasteiger partial charge in [0, 0.05) is 6.07 Å². The number of hydrogen-bond acceptors (Lipinski definition) is 4. The molecule has 0 aliphatic heterocycles. The Hall–Kier alpha value is -2.89. The summed E-state index contributed by atoms with van der Waals surface area (Å²) in [6.45, 7) is 7.24. The van der Waals surface area contributed by atoms with E-state index in [-0.39, 0.29) is 11.4 Å². The van der Waals surface area contributed by atoms with Gasteiger partial charge in [-0.25, -0.2) is 0 Å². The van der Waals surface area contributed by atoms with Gasteiger partial charge in [0.2, 0.25) is 0 Å². The van der Waals surface area contributed by atoms with Gasteiger partial charge >= 0.3 is 0 Å². The summed E-state index contributed by atoms with van der Waals surface area (Å²) in [5, 5.41) is 13.7. The van der Waals surface area contributed by atoms with Crippen molar-refractivity contribution in [1.29, 1.82) is 0 Å². The average Bonchev–Trinajstić information content (AvgIpc) is 2.53. The molecule has 1 amide bonds. The van der Waals surface area contributed by atoms with Crippen molar-refractivity contribution in [3.63, 3.8) is 0 Å². The SMILES string of the molecule is Cc1ccc(NC(=O)C(C)Oc2cccc(C)c2C)c([N+](=O)[O-])c1. The monoisotopic (exact) mass is 328 g/mol. The molecule has 0 aliphatic carbocycles. The topological polar surface area (TPSA) is 81.5 Å². The van der Waals surface area contributed by atoms with E-state index in [9.17, 15) is 14.9 Å². The molecule has 0 fully saturated rings. The second kappa shape index (κ2) is 7.12. The lowest BCUT2D eigenvalue weighted by Crippen LogP contribution is -2.30. The highest BCUT2D eigenvalue weighted by atomic mass is 16.6. The van der Waals surface area contributed by atoms with Gasteiger partial charge in [-0.3, -0.25) is 14.9 Å². The molecule has 2 rings (SSSR count). The first kappa shape index (κ1) is 17.5. The smallest absolute Gasteiger partial charge is 0.293 e. The second-order valence-electron chi connectivity index (χ2n) is 5.73. The molecular formula is C18H20N2O4. The number of nitrogens with one attached hydrogen (secondary N) is 1. The van der Waals surface area contributed by atoms with E-state index in [2.05, 4.69) is 5.32 Å². The van der Waals surface area contributed by atoms with Gasteiger partial charge < -0.3 is 10.1 Å². The maximum atomic E-state index is 12.3. The van der Waals surface area contributed by atoms with Gasteiger partial charge in [0.05, 0.1) is 4.92 Å². The van der Waals surface area contributed by atoms with Crippen molar-refractivity contribution in [2.24, 2.45) is 0 Å². The summed E-state index contributed by atoms with van der Waals surface area (Å²) in [4.78, 5) is 22.9. The first-order chi connectivity index (χ1) is 11.3. The van der Waals surface area contributed by atoms with Crippen LogP contribution < -0.4 is 10.1 Å². The van der Waals surface area contributed by atoms with Crippen LogP contribution in [0, 0.1) is 30.9 Å². The highest BCUT2D eigenvalue weighted by Gasteiger charge is 2.21. The van der Waals surface area contributed by atoms with Crippen LogP contribution in [0.25, 0.3) is 0 Å². The van der Waals surface area contributed by atoms with Crippen molar-refractivity contribution in [3.8, 4) is 5.75 Å². The number of nitrogens with zero attached hydrogens (tertiary/aromatic N) is 1. The third kappa shape index (κ3) is 3.90. The number of aryl methyl sites for hydroxylation is 2. The van der Waals surface area contributed by atoms with E-state index in [0.29, 0.717) is 5.75 Å². The molecule has 0 spiro atoms. The number of hydrogen-bond donors (Lipinski definition) is 1. The molecule has 0 bridgehead atoms. The zero-order chi connectivity index (χ0) is 17.9. The molecule has 24 heavy (non-hydrogen) atoms. The molecule has 1 unspecified atom stereocenters. The van der Waals surface area contributed by atoms with Crippen LogP contribution in [0.3, 0.4) is 0 Å². The maximum Gasteiger partial charge on any atom is 0.293 e. The minimum absolute atomic E-state index is 0.137. The lowest BCUT2D eigenvalue weighted by atomic mass is 10.1. The Balaban J connectivity index is 2.15. The van der Waals surface area contributed by atoms with E-state index >= 15 is 0 Å². The molecule has 0 aromatic heterocycles. The van der Waals surface area contributed by atoms with Crippen LogP contribution in [0.2, 0.25) is 0 Å². The van der Waals surface area contributed by atoms with E-state index in [1.54, 1.807) is 26.0 Å². The van der Waals surface area contributed by atoms with Crippen molar-refractivity contribution in [3.05, 3.63) is 63.2 Å². The number of rotatable bonds is 5. The Morgan fingerprint density at radius 1 is 1.21 bits per heavy atom. The van der Waals surface area contributed by atoms with E-state index in [4.69, 9.17) is 4.74 Å². The lowest BCUT2D eigenvalue weighted by Gasteiger charge is -2.17. The van der Waals surface area contributed by atoms with Crippen molar-refractivity contribution < 1.29 is 14.5 Å². The van der Waals surface area contributed by atoms with Gasteiger partial charge in [0.1, 0.15) is 11.4 Å². The highest BCUT2D eigenvalue weighted by Crippen LogP contribution is 2.26. The van der Waals surface area contributed by atoms with Gasteiger partial charge in [0.15, 0.2) is 6.10 Å². The minimum atomic E-state index is -0.786. The molecule has 0 saturated heterocycles. The molecule has 0 radical (unpaired) electrons. The van der Waals surface area contributed by atoms with Crippen LogP contribution in [0.5, 0.6) is 5.75 Å². The van der Waals surface area contributed by atoms with Crippen molar-refractivity contribution in [2.45, 2.75) is 33.8 Å². The lowest BCUT2D eigenvalue weighted by molar-refractivity contribution is -0.384. The minimum Gasteiger partial charge on any atom is -0.481 e. The van der Waals surface area contributed by atoms with E-state index in [1.807, 2.05) is 26.0 Å². The molecule has 2 aromatic rings. The zero-order valence-electron chi connectivity index (χ0n) is 14.1. The predicted molar refractivity (Wildman–Crippen MR) is 92.5 cm³/mol. The van der Waals surface area contributed by atoms with Crippen LogP contribution >= 0.6 is 0 Å². The zero-order valence-corrected chi connectivity index (χ0v) is 14.1. The summed E-state index contributed by atoms with van der Waals surface area (Å²) in [6.07, 6.45) is -0.786. The van der Waals surface area contributed by atoms with Gasteiger partial charge in [-0.05, 0) is 56.5 Å². The Labute approximate surface area is 140 Å². The molecule has 6 heteroatoms. The predicted octanol–water partition coefficient (Wildman–Crippen LogP) is 3.93. The molecule has 1 atom stereocenters. The number of carbonyl (C=O) groups excluding carboxylic acids is 1. The van der Waals surface area contributed by atoms with Gasteiger partial charge in [-0.2, -0.15) is 0 Å². The van der Waals surface area contributed by atoms with Crippen LogP contribution in [0.15, 0.2) is 36.4 Å². The van der Waals surface area contributed by atoms with Crippen molar-refractivity contribution in [2.75, 3.05) is 5.32 Å². The first-order valence-electron chi connectivity index (χ1n) is 7.58. The third-order valence-electron chi connectivity index (χ3n) is 3.84. The Morgan fingerprint density at radius 3 is 2.58 bits per heavy atom. The Morgan fingerprint density at radius 2 is 1.92 bits per heavy atom. The number of anilines is 1. The Kier molecular flexibility index (Phi) is 5.18. The summed E-state index contributed by atoms with van der Waals surface area (Å²) in [5.74, 6) is 0.180. The summed E-state index contributed by atoms with van der Waals surface area (Å²) in [5.41, 5.74) is 2.79. The number of carbonyl (C=O) groups is 1. The fraction of sp³-hybridized carbons (Fsp3) is 0.278. The fourth-order valence-electron chi connectivity index (χ4n) is 2.23.